The van der Waals surface area contributed by atoms with Crippen molar-refractivity contribution in [1.29, 1.82) is 0 Å². The zero-order valence-electron chi connectivity index (χ0n) is 13.3. The molecule has 0 fully saturated rings. The average Bonchev–Trinajstić information content (AvgIpc) is 3.11. The van der Waals surface area contributed by atoms with E-state index in [2.05, 4.69) is 4.98 Å². The molecule has 1 aliphatic carbocycles. The summed E-state index contributed by atoms with van der Waals surface area (Å²) in [4.78, 5) is 31.3. The SMILES string of the molecule is CCOCCOC(=O)[C@H](C)n1cnc2sc3c(c2c1=O)CCC3. The summed E-state index contributed by atoms with van der Waals surface area (Å²) in [5.74, 6) is -0.445. The van der Waals surface area contributed by atoms with E-state index in [0.29, 0.717) is 18.6 Å². The van der Waals surface area contributed by atoms with E-state index < -0.39 is 12.0 Å². The van der Waals surface area contributed by atoms with Gasteiger partial charge in [0, 0.05) is 11.5 Å². The fraction of sp³-hybridized carbons (Fsp3) is 0.562. The molecule has 1 aliphatic rings. The van der Waals surface area contributed by atoms with Crippen LogP contribution in [-0.4, -0.2) is 35.3 Å². The number of aromatic nitrogens is 2. The zero-order chi connectivity index (χ0) is 16.4. The fourth-order valence-corrected chi connectivity index (χ4v) is 4.07. The lowest BCUT2D eigenvalue weighted by Gasteiger charge is -2.14. The second kappa shape index (κ2) is 6.80. The van der Waals surface area contributed by atoms with Gasteiger partial charge in [-0.25, -0.2) is 9.78 Å². The summed E-state index contributed by atoms with van der Waals surface area (Å²) < 4.78 is 11.7. The Morgan fingerprint density at radius 1 is 1.43 bits per heavy atom. The van der Waals surface area contributed by atoms with Gasteiger partial charge < -0.3 is 9.47 Å². The first-order valence-electron chi connectivity index (χ1n) is 7.89. The quantitative estimate of drug-likeness (QED) is 0.597. The van der Waals surface area contributed by atoms with Gasteiger partial charge in [0.2, 0.25) is 0 Å². The van der Waals surface area contributed by atoms with Crippen molar-refractivity contribution < 1.29 is 14.3 Å². The van der Waals surface area contributed by atoms with Crippen LogP contribution in [0.1, 0.15) is 36.8 Å². The number of aryl methyl sites for hydroxylation is 2. The van der Waals surface area contributed by atoms with Gasteiger partial charge in [-0.3, -0.25) is 9.36 Å². The van der Waals surface area contributed by atoms with Gasteiger partial charge in [-0.1, -0.05) is 0 Å². The van der Waals surface area contributed by atoms with Crippen LogP contribution in [0.5, 0.6) is 0 Å². The van der Waals surface area contributed by atoms with Crippen molar-refractivity contribution in [3.05, 3.63) is 27.1 Å². The highest BCUT2D eigenvalue weighted by Crippen LogP contribution is 2.34. The Hall–Kier alpha value is -1.73. The number of hydrogen-bond acceptors (Lipinski definition) is 6. The zero-order valence-corrected chi connectivity index (χ0v) is 14.1. The molecule has 0 saturated carbocycles. The number of carbonyl (C=O) groups is 1. The van der Waals surface area contributed by atoms with E-state index in [4.69, 9.17) is 9.47 Å². The van der Waals surface area contributed by atoms with Crippen LogP contribution in [0, 0.1) is 0 Å². The Balaban J connectivity index is 1.83. The van der Waals surface area contributed by atoms with Crippen LogP contribution in [0.4, 0.5) is 0 Å². The van der Waals surface area contributed by atoms with Crippen molar-refractivity contribution in [3.63, 3.8) is 0 Å². The van der Waals surface area contributed by atoms with Gasteiger partial charge in [0.15, 0.2) is 0 Å². The van der Waals surface area contributed by atoms with Crippen molar-refractivity contribution in [1.82, 2.24) is 9.55 Å². The summed E-state index contributed by atoms with van der Waals surface area (Å²) >= 11 is 1.59. The maximum atomic E-state index is 12.8. The molecule has 2 aromatic rings. The van der Waals surface area contributed by atoms with Crippen molar-refractivity contribution in [2.24, 2.45) is 0 Å². The molecule has 0 radical (unpaired) electrons. The van der Waals surface area contributed by atoms with Gasteiger partial charge in [0.05, 0.1) is 18.3 Å². The summed E-state index contributed by atoms with van der Waals surface area (Å²) in [5.41, 5.74) is 0.970. The summed E-state index contributed by atoms with van der Waals surface area (Å²) in [7, 11) is 0. The van der Waals surface area contributed by atoms with Gasteiger partial charge in [-0.2, -0.15) is 0 Å². The number of ether oxygens (including phenoxy) is 2. The van der Waals surface area contributed by atoms with Crippen LogP contribution in [0.3, 0.4) is 0 Å². The monoisotopic (exact) mass is 336 g/mol. The van der Waals surface area contributed by atoms with E-state index in [1.165, 1.54) is 15.8 Å². The smallest absolute Gasteiger partial charge is 0.329 e. The van der Waals surface area contributed by atoms with Gasteiger partial charge in [0.1, 0.15) is 17.5 Å². The summed E-state index contributed by atoms with van der Waals surface area (Å²) in [6.07, 6.45) is 4.47. The number of rotatable bonds is 6. The van der Waals surface area contributed by atoms with Crippen LogP contribution in [0.25, 0.3) is 10.2 Å². The summed E-state index contributed by atoms with van der Waals surface area (Å²) in [6, 6.07) is -0.696. The maximum Gasteiger partial charge on any atom is 0.329 e. The minimum atomic E-state index is -0.696. The predicted octanol–water partition coefficient (Wildman–Crippen LogP) is 2.09. The van der Waals surface area contributed by atoms with Crippen LogP contribution in [0.15, 0.2) is 11.1 Å². The molecule has 0 N–H and O–H groups in total. The van der Waals surface area contributed by atoms with Crippen LogP contribution in [0.2, 0.25) is 0 Å². The van der Waals surface area contributed by atoms with E-state index in [9.17, 15) is 9.59 Å². The Morgan fingerprint density at radius 3 is 3.04 bits per heavy atom. The van der Waals surface area contributed by atoms with Crippen LogP contribution >= 0.6 is 11.3 Å². The van der Waals surface area contributed by atoms with Gasteiger partial charge in [-0.15, -0.1) is 11.3 Å². The number of esters is 1. The molecule has 6 nitrogen and oxygen atoms in total. The average molecular weight is 336 g/mol. The Morgan fingerprint density at radius 2 is 2.26 bits per heavy atom. The molecular weight excluding hydrogens is 316 g/mol. The molecule has 0 saturated heterocycles. The molecule has 0 bridgehead atoms. The minimum Gasteiger partial charge on any atom is -0.462 e. The molecule has 1 atom stereocenters. The van der Waals surface area contributed by atoms with Gasteiger partial charge in [-0.05, 0) is 38.7 Å². The van der Waals surface area contributed by atoms with Crippen LogP contribution < -0.4 is 5.56 Å². The second-order valence-corrected chi connectivity index (χ2v) is 6.62. The van der Waals surface area contributed by atoms with E-state index in [1.807, 2.05) is 6.92 Å². The lowest BCUT2D eigenvalue weighted by molar-refractivity contribution is -0.148. The van der Waals surface area contributed by atoms with Crippen molar-refractivity contribution in [2.75, 3.05) is 19.8 Å². The molecule has 7 heteroatoms. The fourth-order valence-electron chi connectivity index (χ4n) is 2.85. The molecule has 2 heterocycles. The first-order chi connectivity index (χ1) is 11.1. The molecule has 0 amide bonds. The third-order valence-electron chi connectivity index (χ3n) is 4.08. The number of fused-ring (bicyclic) bond motifs is 3. The van der Waals surface area contributed by atoms with Crippen molar-refractivity contribution >= 4 is 27.5 Å². The van der Waals surface area contributed by atoms with Crippen molar-refractivity contribution in [2.45, 2.75) is 39.2 Å². The third kappa shape index (κ3) is 3.03. The maximum absolute atomic E-state index is 12.8. The summed E-state index contributed by atoms with van der Waals surface area (Å²) in [6.45, 7) is 4.67. The highest BCUT2D eigenvalue weighted by atomic mass is 32.1. The Labute approximate surface area is 138 Å². The number of nitrogens with zero attached hydrogens (tertiary/aromatic N) is 2. The highest BCUT2D eigenvalue weighted by molar-refractivity contribution is 7.18. The molecule has 0 aliphatic heterocycles. The standard InChI is InChI=1S/C16H20N2O4S/c1-3-21-7-8-22-16(20)10(2)18-9-17-14-13(15(18)19)11-5-4-6-12(11)23-14/h9-10H,3-8H2,1-2H3/t10-/m0/s1. The third-order valence-corrected chi connectivity index (χ3v) is 5.28. The number of thiophene rings is 1. The first kappa shape index (κ1) is 16.1. The lowest BCUT2D eigenvalue weighted by Crippen LogP contribution is -2.30. The second-order valence-electron chi connectivity index (χ2n) is 5.53. The number of carbonyl (C=O) groups excluding carboxylic acids is 1. The molecule has 23 heavy (non-hydrogen) atoms. The Kier molecular flexibility index (Phi) is 4.77. The first-order valence-corrected chi connectivity index (χ1v) is 8.71. The van der Waals surface area contributed by atoms with Gasteiger partial charge in [0.25, 0.3) is 5.56 Å². The normalized spacial score (nSPS) is 14.9. The largest absolute Gasteiger partial charge is 0.462 e. The minimum absolute atomic E-state index is 0.149. The van der Waals surface area contributed by atoms with E-state index in [0.717, 1.165) is 29.7 Å². The molecule has 0 spiro atoms. The van der Waals surface area contributed by atoms with E-state index in [1.54, 1.807) is 18.3 Å². The molecule has 2 aromatic heterocycles. The molecule has 124 valence electrons. The number of hydrogen-bond donors (Lipinski definition) is 0. The summed E-state index contributed by atoms with van der Waals surface area (Å²) in [5, 5.41) is 0.680. The van der Waals surface area contributed by atoms with E-state index in [-0.39, 0.29) is 12.2 Å². The highest BCUT2D eigenvalue weighted by Gasteiger charge is 2.24. The van der Waals surface area contributed by atoms with E-state index >= 15 is 0 Å². The van der Waals surface area contributed by atoms with Gasteiger partial charge >= 0.3 is 5.97 Å². The topological polar surface area (TPSA) is 70.4 Å². The molecule has 3 rings (SSSR count). The molecular formula is C16H20N2O4S. The molecule has 0 aromatic carbocycles. The van der Waals surface area contributed by atoms with Crippen molar-refractivity contribution in [3.8, 4) is 0 Å². The predicted molar refractivity (Wildman–Crippen MR) is 88.1 cm³/mol. The molecule has 0 unspecified atom stereocenters. The lowest BCUT2D eigenvalue weighted by atomic mass is 10.2. The Bertz CT molecular complexity index is 780. The van der Waals surface area contributed by atoms with Crippen LogP contribution in [-0.2, 0) is 27.1 Å².